The molecule has 0 saturated heterocycles. The van der Waals surface area contributed by atoms with Gasteiger partial charge in [0.05, 0.1) is 37.7 Å². The Morgan fingerprint density at radius 3 is 2.35 bits per heavy atom. The van der Waals surface area contributed by atoms with Gasteiger partial charge in [-0.2, -0.15) is 13.2 Å². The molecule has 7 nitrogen and oxygen atoms in total. The lowest BCUT2D eigenvalue weighted by molar-refractivity contribution is -0.168. The minimum Gasteiger partial charge on any atom is -0.496 e. The van der Waals surface area contributed by atoms with Crippen LogP contribution >= 0.6 is 0 Å². The summed E-state index contributed by atoms with van der Waals surface area (Å²) in [6, 6.07) is 8.69. The van der Waals surface area contributed by atoms with Gasteiger partial charge in [0.2, 0.25) is 0 Å². The second-order valence-corrected chi connectivity index (χ2v) is 7.95. The van der Waals surface area contributed by atoms with Gasteiger partial charge < -0.3 is 14.0 Å². The molecule has 4 rings (SSSR count). The highest BCUT2D eigenvalue weighted by Crippen LogP contribution is 2.38. The SMILES string of the molecule is COc1cc(-c2cnc3cc(-c4cc(C)no4)ccn23)cc(OC)c1C(=O)C[C@H](C)C(F)(F)F. The molecule has 0 fully saturated rings. The largest absolute Gasteiger partial charge is 0.496 e. The van der Waals surface area contributed by atoms with E-state index in [0.29, 0.717) is 22.7 Å². The number of aryl methyl sites for hydroxylation is 1. The second-order valence-electron chi connectivity index (χ2n) is 7.95. The lowest BCUT2D eigenvalue weighted by atomic mass is 9.96. The first-order chi connectivity index (χ1) is 16.1. The molecule has 34 heavy (non-hydrogen) atoms. The van der Waals surface area contributed by atoms with Crippen molar-refractivity contribution in [1.29, 1.82) is 0 Å². The zero-order valence-corrected chi connectivity index (χ0v) is 18.9. The number of fused-ring (bicyclic) bond motifs is 1. The average Bonchev–Trinajstić information content (AvgIpc) is 3.43. The summed E-state index contributed by atoms with van der Waals surface area (Å²) in [5.74, 6) is -1.65. The van der Waals surface area contributed by atoms with Gasteiger partial charge in [0.1, 0.15) is 22.7 Å². The first-order valence-electron chi connectivity index (χ1n) is 10.4. The highest BCUT2D eigenvalue weighted by Gasteiger charge is 2.38. The van der Waals surface area contributed by atoms with E-state index in [9.17, 15) is 18.0 Å². The molecular formula is C24H22F3N3O4. The van der Waals surface area contributed by atoms with Crippen LogP contribution in [0.2, 0.25) is 0 Å². The van der Waals surface area contributed by atoms with Crippen molar-refractivity contribution in [2.75, 3.05) is 14.2 Å². The quantitative estimate of drug-likeness (QED) is 0.318. The molecule has 178 valence electrons. The van der Waals surface area contributed by atoms with Gasteiger partial charge in [0.25, 0.3) is 0 Å². The molecule has 10 heteroatoms. The van der Waals surface area contributed by atoms with Crippen LogP contribution < -0.4 is 9.47 Å². The Labute approximate surface area is 193 Å². The first-order valence-corrected chi connectivity index (χ1v) is 10.4. The maximum Gasteiger partial charge on any atom is 0.391 e. The molecular weight excluding hydrogens is 451 g/mol. The molecule has 3 heterocycles. The van der Waals surface area contributed by atoms with Gasteiger partial charge in [-0.3, -0.25) is 9.20 Å². The molecule has 0 aliphatic rings. The summed E-state index contributed by atoms with van der Waals surface area (Å²) in [5, 5.41) is 3.90. The van der Waals surface area contributed by atoms with Crippen LogP contribution in [0.4, 0.5) is 13.2 Å². The number of ketones is 1. The van der Waals surface area contributed by atoms with E-state index in [4.69, 9.17) is 14.0 Å². The van der Waals surface area contributed by atoms with E-state index in [0.717, 1.165) is 18.2 Å². The number of methoxy groups -OCH3 is 2. The minimum atomic E-state index is -4.48. The predicted octanol–water partition coefficient (Wildman–Crippen LogP) is 5.75. The van der Waals surface area contributed by atoms with Gasteiger partial charge in [-0.25, -0.2) is 4.98 Å². The van der Waals surface area contributed by atoms with Crippen molar-refractivity contribution in [2.24, 2.45) is 5.92 Å². The van der Waals surface area contributed by atoms with Gasteiger partial charge in [0.15, 0.2) is 11.5 Å². The topological polar surface area (TPSA) is 78.9 Å². The van der Waals surface area contributed by atoms with E-state index in [2.05, 4.69) is 10.1 Å². The van der Waals surface area contributed by atoms with Crippen molar-refractivity contribution in [3.63, 3.8) is 0 Å². The van der Waals surface area contributed by atoms with Crippen LogP contribution in [0.25, 0.3) is 28.2 Å². The predicted molar refractivity (Wildman–Crippen MR) is 118 cm³/mol. The summed E-state index contributed by atoms with van der Waals surface area (Å²) >= 11 is 0. The Kier molecular flexibility index (Phi) is 6.07. The highest BCUT2D eigenvalue weighted by molar-refractivity contribution is 6.02. The highest BCUT2D eigenvalue weighted by atomic mass is 19.4. The summed E-state index contributed by atoms with van der Waals surface area (Å²) in [5.41, 5.74) is 3.47. The molecule has 4 aromatic rings. The Morgan fingerprint density at radius 1 is 1.12 bits per heavy atom. The number of benzene rings is 1. The number of carbonyl (C=O) groups is 1. The molecule has 0 saturated carbocycles. The number of carbonyl (C=O) groups excluding carboxylic acids is 1. The molecule has 0 radical (unpaired) electrons. The van der Waals surface area contributed by atoms with Crippen LogP contribution in [0.15, 0.2) is 47.2 Å². The fraction of sp³-hybridized carbons (Fsp3) is 0.292. The number of alkyl halides is 3. The molecule has 0 spiro atoms. The molecule has 0 amide bonds. The smallest absolute Gasteiger partial charge is 0.391 e. The number of rotatable bonds is 7. The van der Waals surface area contributed by atoms with Crippen molar-refractivity contribution < 1.29 is 32.0 Å². The van der Waals surface area contributed by atoms with Gasteiger partial charge in [-0.1, -0.05) is 12.1 Å². The number of imidazole rings is 1. The van der Waals surface area contributed by atoms with E-state index in [1.807, 2.05) is 35.7 Å². The van der Waals surface area contributed by atoms with Crippen LogP contribution in [0, 0.1) is 12.8 Å². The zero-order chi connectivity index (χ0) is 24.6. The monoisotopic (exact) mass is 473 g/mol. The molecule has 0 aliphatic heterocycles. The van der Waals surface area contributed by atoms with Crippen molar-refractivity contribution in [1.82, 2.24) is 14.5 Å². The van der Waals surface area contributed by atoms with Crippen molar-refractivity contribution in [2.45, 2.75) is 26.4 Å². The second kappa shape index (κ2) is 8.85. The lowest BCUT2D eigenvalue weighted by Crippen LogP contribution is -2.23. The lowest BCUT2D eigenvalue weighted by Gasteiger charge is -2.18. The normalized spacial score (nSPS) is 12.7. The minimum absolute atomic E-state index is 0.0263. The van der Waals surface area contributed by atoms with E-state index >= 15 is 0 Å². The molecule has 0 bridgehead atoms. The number of ether oxygens (including phenoxy) is 2. The van der Waals surface area contributed by atoms with Gasteiger partial charge in [0, 0.05) is 29.8 Å². The number of hydrogen-bond donors (Lipinski definition) is 0. The van der Waals surface area contributed by atoms with Crippen molar-refractivity contribution in [3.05, 3.63) is 54.0 Å². The number of halogens is 3. The fourth-order valence-corrected chi connectivity index (χ4v) is 3.68. The Balaban J connectivity index is 1.74. The molecule has 0 unspecified atom stereocenters. The van der Waals surface area contributed by atoms with Crippen LogP contribution in [0.1, 0.15) is 29.4 Å². The summed E-state index contributed by atoms with van der Waals surface area (Å²) < 4.78 is 56.9. The summed E-state index contributed by atoms with van der Waals surface area (Å²) in [7, 11) is 2.70. The van der Waals surface area contributed by atoms with Crippen LogP contribution in [-0.4, -0.2) is 40.7 Å². The van der Waals surface area contributed by atoms with Crippen molar-refractivity contribution in [3.8, 4) is 34.1 Å². The molecule has 0 aliphatic carbocycles. The third kappa shape index (κ3) is 4.35. The standard InChI is InChI=1S/C24H22F3N3O4/c1-13(24(25,26)27)7-18(31)23-20(32-3)9-16(10-21(23)33-4)17-12-28-22-11-15(5-6-30(17)22)19-8-14(2)29-34-19/h5-6,8-13H,7H2,1-4H3/t13-/m0/s1. The first kappa shape index (κ1) is 23.3. The third-order valence-electron chi connectivity index (χ3n) is 5.56. The Morgan fingerprint density at radius 2 is 1.79 bits per heavy atom. The van der Waals surface area contributed by atoms with Gasteiger partial charge in [-0.15, -0.1) is 0 Å². The van der Waals surface area contributed by atoms with Crippen LogP contribution in [-0.2, 0) is 0 Å². The maximum atomic E-state index is 13.0. The Hall–Kier alpha value is -3.82. The van der Waals surface area contributed by atoms with Gasteiger partial charge >= 0.3 is 6.18 Å². The number of aromatic nitrogens is 3. The average molecular weight is 473 g/mol. The van der Waals surface area contributed by atoms with E-state index in [-0.39, 0.29) is 17.1 Å². The summed E-state index contributed by atoms with van der Waals surface area (Å²) in [6.07, 6.45) is -1.73. The fourth-order valence-electron chi connectivity index (χ4n) is 3.68. The summed E-state index contributed by atoms with van der Waals surface area (Å²) in [6.45, 7) is 2.80. The number of pyridine rings is 1. The van der Waals surface area contributed by atoms with E-state index in [1.54, 1.807) is 18.3 Å². The molecule has 0 N–H and O–H groups in total. The zero-order valence-electron chi connectivity index (χ0n) is 18.9. The molecule has 1 atom stereocenters. The van der Waals surface area contributed by atoms with Crippen molar-refractivity contribution >= 4 is 11.4 Å². The third-order valence-corrected chi connectivity index (χ3v) is 5.56. The summed E-state index contributed by atoms with van der Waals surface area (Å²) in [4.78, 5) is 17.2. The number of hydrogen-bond acceptors (Lipinski definition) is 6. The van der Waals surface area contributed by atoms with E-state index < -0.39 is 24.3 Å². The van der Waals surface area contributed by atoms with Gasteiger partial charge in [-0.05, 0) is 31.2 Å². The Bertz CT molecular complexity index is 1330. The van der Waals surface area contributed by atoms with Crippen LogP contribution in [0.3, 0.4) is 0 Å². The molecule has 3 aromatic heterocycles. The van der Waals surface area contributed by atoms with Crippen LogP contribution in [0.5, 0.6) is 11.5 Å². The molecule has 1 aromatic carbocycles. The van der Waals surface area contributed by atoms with E-state index in [1.165, 1.54) is 14.2 Å². The number of Topliss-reactive ketones (excluding diaryl/α,β-unsaturated/α-hetero) is 1. The maximum absolute atomic E-state index is 13.0. The number of nitrogens with zero attached hydrogens (tertiary/aromatic N) is 3.